The molecule has 0 saturated carbocycles. The van der Waals surface area contributed by atoms with E-state index in [1.54, 1.807) is 18.0 Å². The lowest BCUT2D eigenvalue weighted by Crippen LogP contribution is -2.16. The lowest BCUT2D eigenvalue weighted by molar-refractivity contribution is 0.874. The maximum absolute atomic E-state index is 5.82. The fraction of sp³-hybridized carbons (Fsp3) is 0.143. The quantitative estimate of drug-likeness (QED) is 0.629. The van der Waals surface area contributed by atoms with Crippen LogP contribution >= 0.6 is 23.4 Å². The highest BCUT2D eigenvalue weighted by Gasteiger charge is 2.04. The van der Waals surface area contributed by atoms with Crippen LogP contribution in [0.1, 0.15) is 0 Å². The number of aliphatic imine (C=N–C) groups is 1. The Labute approximate surface area is 127 Å². The van der Waals surface area contributed by atoms with Gasteiger partial charge in [-0.05, 0) is 44.1 Å². The molecule has 0 saturated heterocycles. The molecule has 0 atom stereocenters. The van der Waals surface area contributed by atoms with Crippen LogP contribution < -0.4 is 10.6 Å². The van der Waals surface area contributed by atoms with Crippen molar-refractivity contribution in [1.29, 1.82) is 0 Å². The van der Waals surface area contributed by atoms with Gasteiger partial charge in [0.15, 0.2) is 0 Å². The molecule has 0 bridgehead atoms. The van der Waals surface area contributed by atoms with Crippen LogP contribution in [0.25, 0.3) is 0 Å². The van der Waals surface area contributed by atoms with Crippen molar-refractivity contribution in [1.82, 2.24) is 10.3 Å². The highest BCUT2D eigenvalue weighted by atomic mass is 35.5. The van der Waals surface area contributed by atoms with Gasteiger partial charge >= 0.3 is 0 Å². The number of pyridine rings is 1. The highest BCUT2D eigenvalue weighted by molar-refractivity contribution is 7.99. The van der Waals surface area contributed by atoms with Crippen LogP contribution in [-0.2, 0) is 0 Å². The minimum atomic E-state index is 0.634. The zero-order valence-corrected chi connectivity index (χ0v) is 12.6. The third kappa shape index (κ3) is 3.96. The summed E-state index contributed by atoms with van der Waals surface area (Å²) < 4.78 is 0. The van der Waals surface area contributed by atoms with Crippen molar-refractivity contribution in [2.45, 2.75) is 9.92 Å². The van der Waals surface area contributed by atoms with E-state index in [1.807, 2.05) is 37.4 Å². The second-order valence-corrected chi connectivity index (χ2v) is 5.49. The number of halogens is 1. The molecule has 0 radical (unpaired) electrons. The molecular formula is C14H15ClN4S. The summed E-state index contributed by atoms with van der Waals surface area (Å²) in [6.07, 6.45) is 1.64. The summed E-state index contributed by atoms with van der Waals surface area (Å²) in [5, 5.41) is 7.77. The molecular weight excluding hydrogens is 292 g/mol. The number of benzene rings is 1. The lowest BCUT2D eigenvalue weighted by Gasteiger charge is -2.10. The van der Waals surface area contributed by atoms with E-state index in [1.165, 1.54) is 0 Å². The largest absolute Gasteiger partial charge is 0.371 e. The summed E-state index contributed by atoms with van der Waals surface area (Å²) in [6, 6.07) is 9.70. The van der Waals surface area contributed by atoms with E-state index in [4.69, 9.17) is 11.6 Å². The molecule has 2 rings (SSSR count). The number of hydrogen-bond donors (Lipinski definition) is 2. The summed E-state index contributed by atoms with van der Waals surface area (Å²) in [4.78, 5) is 9.36. The molecule has 20 heavy (non-hydrogen) atoms. The Hall–Kier alpha value is -1.56. The molecule has 0 aliphatic carbocycles. The predicted octanol–water partition coefficient (Wildman–Crippen LogP) is 3.81. The first-order valence-corrected chi connectivity index (χ1v) is 7.21. The second-order valence-electron chi connectivity index (χ2n) is 3.96. The van der Waals surface area contributed by atoms with Gasteiger partial charge < -0.3 is 10.6 Å². The fourth-order valence-electron chi connectivity index (χ4n) is 1.58. The van der Waals surface area contributed by atoms with Crippen molar-refractivity contribution in [2.75, 3.05) is 19.0 Å². The van der Waals surface area contributed by atoms with Crippen molar-refractivity contribution in [2.24, 2.45) is 4.99 Å². The Bertz CT molecular complexity index is 586. The molecule has 1 heterocycles. The molecule has 2 N–H and O–H groups in total. The SMILES string of the molecule is C=Nc1cc(Sc2ccc(Cl)cn2)ccc1NCNC. The zero-order chi connectivity index (χ0) is 14.4. The minimum Gasteiger partial charge on any atom is -0.371 e. The van der Waals surface area contributed by atoms with E-state index in [-0.39, 0.29) is 0 Å². The summed E-state index contributed by atoms with van der Waals surface area (Å²) >= 11 is 7.38. The molecule has 0 amide bonds. The van der Waals surface area contributed by atoms with Gasteiger partial charge in [-0.2, -0.15) is 0 Å². The predicted molar refractivity (Wildman–Crippen MR) is 86.6 cm³/mol. The molecule has 2 aromatic rings. The molecule has 1 aromatic heterocycles. The summed E-state index contributed by atoms with van der Waals surface area (Å²) in [7, 11) is 1.88. The molecule has 0 unspecified atom stereocenters. The van der Waals surface area contributed by atoms with Gasteiger partial charge in [0.25, 0.3) is 0 Å². The smallest absolute Gasteiger partial charge is 0.101 e. The van der Waals surface area contributed by atoms with E-state index < -0.39 is 0 Å². The highest BCUT2D eigenvalue weighted by Crippen LogP contribution is 2.33. The molecule has 0 spiro atoms. The number of nitrogens with zero attached hydrogens (tertiary/aromatic N) is 2. The lowest BCUT2D eigenvalue weighted by atomic mass is 10.2. The number of hydrogen-bond acceptors (Lipinski definition) is 5. The minimum absolute atomic E-state index is 0.634. The fourth-order valence-corrected chi connectivity index (χ4v) is 2.48. The average Bonchev–Trinajstić information content (AvgIpc) is 2.48. The van der Waals surface area contributed by atoms with Gasteiger partial charge in [-0.1, -0.05) is 23.4 Å². The van der Waals surface area contributed by atoms with Crippen LogP contribution in [0.15, 0.2) is 51.4 Å². The third-order valence-electron chi connectivity index (χ3n) is 2.52. The van der Waals surface area contributed by atoms with Crippen LogP contribution in [-0.4, -0.2) is 25.4 Å². The maximum atomic E-state index is 5.82. The second kappa shape index (κ2) is 7.28. The first-order valence-electron chi connectivity index (χ1n) is 6.01. The van der Waals surface area contributed by atoms with E-state index >= 15 is 0 Å². The number of nitrogens with one attached hydrogen (secondary N) is 2. The molecule has 4 nitrogen and oxygen atoms in total. The van der Waals surface area contributed by atoms with Crippen molar-refractivity contribution in [3.8, 4) is 0 Å². The maximum Gasteiger partial charge on any atom is 0.101 e. The molecule has 104 valence electrons. The van der Waals surface area contributed by atoms with Crippen LogP contribution in [0.5, 0.6) is 0 Å². The summed E-state index contributed by atoms with van der Waals surface area (Å²) in [6.45, 7) is 4.28. The number of aromatic nitrogens is 1. The molecule has 0 aliphatic heterocycles. The summed E-state index contributed by atoms with van der Waals surface area (Å²) in [5.74, 6) is 0. The Morgan fingerprint density at radius 2 is 2.20 bits per heavy atom. The van der Waals surface area contributed by atoms with Gasteiger partial charge in [0.05, 0.1) is 23.1 Å². The van der Waals surface area contributed by atoms with Crippen molar-refractivity contribution < 1.29 is 0 Å². The monoisotopic (exact) mass is 306 g/mol. The van der Waals surface area contributed by atoms with Gasteiger partial charge in [-0.3, -0.25) is 4.99 Å². The van der Waals surface area contributed by atoms with Crippen LogP contribution in [0.3, 0.4) is 0 Å². The van der Waals surface area contributed by atoms with E-state index in [0.29, 0.717) is 11.7 Å². The molecule has 6 heteroatoms. The zero-order valence-electron chi connectivity index (χ0n) is 11.1. The Morgan fingerprint density at radius 1 is 1.35 bits per heavy atom. The van der Waals surface area contributed by atoms with E-state index in [2.05, 4.69) is 27.3 Å². The first kappa shape index (κ1) is 14.8. The van der Waals surface area contributed by atoms with Crippen LogP contribution in [0.4, 0.5) is 11.4 Å². The average molecular weight is 307 g/mol. The summed E-state index contributed by atoms with van der Waals surface area (Å²) in [5.41, 5.74) is 1.77. The molecule has 1 aromatic carbocycles. The normalized spacial score (nSPS) is 10.3. The van der Waals surface area contributed by atoms with Crippen molar-refractivity contribution in [3.63, 3.8) is 0 Å². The van der Waals surface area contributed by atoms with Crippen LogP contribution in [0.2, 0.25) is 5.02 Å². The third-order valence-corrected chi connectivity index (χ3v) is 3.68. The topological polar surface area (TPSA) is 49.3 Å². The van der Waals surface area contributed by atoms with E-state index in [0.717, 1.165) is 21.3 Å². The number of anilines is 1. The van der Waals surface area contributed by atoms with E-state index in [9.17, 15) is 0 Å². The molecule has 0 fully saturated rings. The van der Waals surface area contributed by atoms with Crippen molar-refractivity contribution in [3.05, 3.63) is 41.6 Å². The van der Waals surface area contributed by atoms with Gasteiger partial charge in [-0.25, -0.2) is 4.98 Å². The first-order chi connectivity index (χ1) is 9.72. The van der Waals surface area contributed by atoms with Gasteiger partial charge in [0.1, 0.15) is 5.03 Å². The molecule has 0 aliphatic rings. The standard InChI is InChI=1S/C14H15ClN4S/c1-16-9-19-12-5-4-11(7-13(12)17-2)20-14-6-3-10(15)8-18-14/h3-8,16,19H,2,9H2,1H3. The Morgan fingerprint density at radius 3 is 2.85 bits per heavy atom. The Kier molecular flexibility index (Phi) is 5.40. The van der Waals surface area contributed by atoms with Crippen molar-refractivity contribution >= 4 is 41.5 Å². The van der Waals surface area contributed by atoms with Gasteiger partial charge in [-0.15, -0.1) is 0 Å². The van der Waals surface area contributed by atoms with Gasteiger partial charge in [0.2, 0.25) is 0 Å². The van der Waals surface area contributed by atoms with Gasteiger partial charge in [0, 0.05) is 11.1 Å². The van der Waals surface area contributed by atoms with Crippen LogP contribution in [0, 0.1) is 0 Å². The Balaban J connectivity index is 2.16. The number of rotatable bonds is 6.